The fourth-order valence-electron chi connectivity index (χ4n) is 2.86. The van der Waals surface area contributed by atoms with Gasteiger partial charge in [0.05, 0.1) is 0 Å². The molecule has 2 aromatic rings. The number of unbranched alkanes of at least 4 members (excludes halogenated alkanes) is 1. The van der Waals surface area contributed by atoms with E-state index in [2.05, 4.69) is 44.1 Å². The van der Waals surface area contributed by atoms with Gasteiger partial charge in [0.2, 0.25) is 11.9 Å². The van der Waals surface area contributed by atoms with Crippen LogP contribution < -0.4 is 10.6 Å². The number of aryl methyl sites for hydroxylation is 1. The highest BCUT2D eigenvalue weighted by molar-refractivity contribution is 5.38. The van der Waals surface area contributed by atoms with Crippen molar-refractivity contribution >= 4 is 11.9 Å². The third-order valence-electron chi connectivity index (χ3n) is 4.37. The van der Waals surface area contributed by atoms with Crippen molar-refractivity contribution in [1.29, 1.82) is 0 Å². The van der Waals surface area contributed by atoms with E-state index in [-0.39, 0.29) is 11.8 Å². The highest BCUT2D eigenvalue weighted by Crippen LogP contribution is 2.31. The van der Waals surface area contributed by atoms with Crippen LogP contribution in [0.4, 0.5) is 16.3 Å². The molecule has 0 radical (unpaired) electrons. The van der Waals surface area contributed by atoms with Gasteiger partial charge in [-0.3, -0.25) is 0 Å². The van der Waals surface area contributed by atoms with Gasteiger partial charge >= 0.3 is 0 Å². The van der Waals surface area contributed by atoms with E-state index in [1.54, 1.807) is 0 Å². The first-order valence-electron chi connectivity index (χ1n) is 8.95. The zero-order valence-electron chi connectivity index (χ0n) is 15.0. The van der Waals surface area contributed by atoms with Crippen molar-refractivity contribution in [2.75, 3.05) is 17.2 Å². The lowest BCUT2D eigenvalue weighted by Crippen LogP contribution is -2.30. The molecule has 6 heteroatoms. The number of aromatic nitrogens is 3. The summed E-state index contributed by atoms with van der Waals surface area (Å²) in [4.78, 5) is 14.7. The zero-order chi connectivity index (χ0) is 17.9. The molecule has 0 saturated heterocycles. The van der Waals surface area contributed by atoms with E-state index >= 15 is 0 Å². The van der Waals surface area contributed by atoms with Gasteiger partial charge in [-0.1, -0.05) is 30.3 Å². The number of benzene rings is 1. The molecular formula is C19H26FN5. The van der Waals surface area contributed by atoms with Gasteiger partial charge in [0.15, 0.2) is 11.5 Å². The van der Waals surface area contributed by atoms with E-state index in [0.717, 1.165) is 38.6 Å². The summed E-state index contributed by atoms with van der Waals surface area (Å²) in [5.74, 6) is 0.695. The number of halogens is 1. The molecule has 0 unspecified atom stereocenters. The second-order valence-corrected chi connectivity index (χ2v) is 7.16. The maximum Gasteiger partial charge on any atom is 0.230 e. The van der Waals surface area contributed by atoms with Crippen LogP contribution in [-0.2, 0) is 12.1 Å². The maximum atomic E-state index is 14.2. The van der Waals surface area contributed by atoms with E-state index in [0.29, 0.717) is 12.0 Å². The molecule has 1 aliphatic rings. The Hall–Kier alpha value is -2.24. The summed E-state index contributed by atoms with van der Waals surface area (Å²) in [5.41, 5.74) is 5.51. The van der Waals surface area contributed by atoms with Gasteiger partial charge < -0.3 is 10.6 Å². The van der Waals surface area contributed by atoms with Gasteiger partial charge in [0.25, 0.3) is 0 Å². The quantitative estimate of drug-likeness (QED) is 0.741. The van der Waals surface area contributed by atoms with E-state index in [4.69, 9.17) is 5.73 Å². The van der Waals surface area contributed by atoms with Gasteiger partial charge in [-0.2, -0.15) is 15.0 Å². The first-order valence-corrected chi connectivity index (χ1v) is 8.95. The predicted octanol–water partition coefficient (Wildman–Crippen LogP) is 3.65. The van der Waals surface area contributed by atoms with Crippen LogP contribution in [0.2, 0.25) is 0 Å². The van der Waals surface area contributed by atoms with Gasteiger partial charge in [-0.05, 0) is 51.5 Å². The smallest absolute Gasteiger partial charge is 0.230 e. The van der Waals surface area contributed by atoms with E-state index in [1.165, 1.54) is 19.4 Å². The number of hydrogen-bond acceptors (Lipinski definition) is 5. The molecule has 2 N–H and O–H groups in total. The van der Waals surface area contributed by atoms with Crippen molar-refractivity contribution in [3.05, 3.63) is 41.7 Å². The molecule has 0 amide bonds. The zero-order valence-corrected chi connectivity index (χ0v) is 15.0. The summed E-state index contributed by atoms with van der Waals surface area (Å²) in [6.45, 7) is 3.73. The number of nitrogen functional groups attached to an aromatic ring is 1. The Morgan fingerprint density at radius 1 is 1.12 bits per heavy atom. The minimum atomic E-state index is -1.63. The van der Waals surface area contributed by atoms with E-state index in [9.17, 15) is 4.39 Å². The fourth-order valence-corrected chi connectivity index (χ4v) is 2.86. The van der Waals surface area contributed by atoms with Gasteiger partial charge in [-0.25, -0.2) is 4.39 Å². The molecule has 1 aromatic heterocycles. The lowest BCUT2D eigenvalue weighted by molar-refractivity contribution is 0.206. The summed E-state index contributed by atoms with van der Waals surface area (Å²) in [6.07, 6.45) is 5.43. The van der Waals surface area contributed by atoms with Crippen molar-refractivity contribution in [2.45, 2.75) is 57.7 Å². The minimum absolute atomic E-state index is 0.0839. The van der Waals surface area contributed by atoms with Crippen molar-refractivity contribution in [3.8, 4) is 0 Å². The third-order valence-corrected chi connectivity index (χ3v) is 4.37. The van der Waals surface area contributed by atoms with Crippen molar-refractivity contribution in [1.82, 2.24) is 15.0 Å². The molecule has 0 atom stereocenters. The van der Waals surface area contributed by atoms with Crippen LogP contribution in [0.1, 0.15) is 50.9 Å². The number of nitrogens with two attached hydrogens (primary N) is 1. The molecule has 5 nitrogen and oxygen atoms in total. The molecule has 1 saturated carbocycles. The maximum absolute atomic E-state index is 14.2. The predicted molar refractivity (Wildman–Crippen MR) is 98.1 cm³/mol. The molecule has 134 valence electrons. The van der Waals surface area contributed by atoms with E-state index < -0.39 is 5.67 Å². The Morgan fingerprint density at radius 2 is 1.84 bits per heavy atom. The van der Waals surface area contributed by atoms with Crippen LogP contribution >= 0.6 is 0 Å². The lowest BCUT2D eigenvalue weighted by Gasteiger charge is -2.24. The normalized spacial score (nSPS) is 14.5. The average molecular weight is 343 g/mol. The summed E-state index contributed by atoms with van der Waals surface area (Å²) in [5, 5.41) is 0. The van der Waals surface area contributed by atoms with Crippen molar-refractivity contribution in [2.24, 2.45) is 0 Å². The van der Waals surface area contributed by atoms with Gasteiger partial charge in [-0.15, -0.1) is 0 Å². The Bertz CT molecular complexity index is 695. The number of nitrogens with zero attached hydrogens (tertiary/aromatic N) is 4. The van der Waals surface area contributed by atoms with Crippen LogP contribution in [0, 0.1) is 0 Å². The molecule has 0 aliphatic heterocycles. The van der Waals surface area contributed by atoms with Crippen molar-refractivity contribution in [3.63, 3.8) is 0 Å². The summed E-state index contributed by atoms with van der Waals surface area (Å²) in [6, 6.07) is 10.9. The summed E-state index contributed by atoms with van der Waals surface area (Å²) in [7, 11) is 0. The summed E-state index contributed by atoms with van der Waals surface area (Å²) >= 11 is 0. The monoisotopic (exact) mass is 343 g/mol. The van der Waals surface area contributed by atoms with Crippen LogP contribution in [0.3, 0.4) is 0 Å². The number of rotatable bonds is 8. The minimum Gasteiger partial charge on any atom is -0.368 e. The van der Waals surface area contributed by atoms with Crippen LogP contribution in [0.5, 0.6) is 0 Å². The van der Waals surface area contributed by atoms with Gasteiger partial charge in [0.1, 0.15) is 0 Å². The molecule has 1 aromatic carbocycles. The summed E-state index contributed by atoms with van der Waals surface area (Å²) < 4.78 is 14.2. The SMILES string of the molecule is CC(C)(F)c1nc(N)nc(N(CCCCc2ccccc2)C2CC2)n1. The number of anilines is 2. The van der Waals surface area contributed by atoms with Crippen molar-refractivity contribution < 1.29 is 4.39 Å². The van der Waals surface area contributed by atoms with E-state index in [1.807, 2.05) is 6.07 Å². The molecule has 1 heterocycles. The lowest BCUT2D eigenvalue weighted by atomic mass is 10.1. The molecule has 0 spiro atoms. The second kappa shape index (κ2) is 7.33. The molecule has 1 aliphatic carbocycles. The Morgan fingerprint density at radius 3 is 2.48 bits per heavy atom. The standard InChI is InChI=1S/C19H26FN5/c1-19(2,20)16-22-17(21)24-18(23-16)25(15-11-12-15)13-7-6-10-14-8-4-3-5-9-14/h3-5,8-9,15H,6-7,10-13H2,1-2H3,(H2,21,22,23,24). The molecule has 25 heavy (non-hydrogen) atoms. The largest absolute Gasteiger partial charge is 0.368 e. The Labute approximate surface area is 148 Å². The molecule has 3 rings (SSSR count). The molecular weight excluding hydrogens is 317 g/mol. The van der Waals surface area contributed by atoms with Crippen LogP contribution in [0.25, 0.3) is 0 Å². The van der Waals surface area contributed by atoms with Crippen LogP contribution in [0.15, 0.2) is 30.3 Å². The van der Waals surface area contributed by atoms with Crippen LogP contribution in [-0.4, -0.2) is 27.5 Å². The third kappa shape index (κ3) is 4.87. The highest BCUT2D eigenvalue weighted by Gasteiger charge is 2.32. The Balaban J connectivity index is 1.64. The fraction of sp³-hybridized carbons (Fsp3) is 0.526. The molecule has 1 fully saturated rings. The first-order chi connectivity index (χ1) is 11.9. The highest BCUT2D eigenvalue weighted by atomic mass is 19.1. The average Bonchev–Trinajstić information content (AvgIpc) is 3.39. The topological polar surface area (TPSA) is 67.9 Å². The second-order valence-electron chi connectivity index (χ2n) is 7.16. The van der Waals surface area contributed by atoms with Gasteiger partial charge in [0, 0.05) is 12.6 Å². The molecule has 0 bridgehead atoms. The Kier molecular flexibility index (Phi) is 5.16. The number of alkyl halides is 1. The number of hydrogen-bond donors (Lipinski definition) is 1. The first kappa shape index (κ1) is 17.6.